The molecule has 2 aromatic rings. The van der Waals surface area contributed by atoms with Crippen molar-refractivity contribution in [2.45, 2.75) is 20.0 Å². The Bertz CT molecular complexity index is 881. The van der Waals surface area contributed by atoms with Gasteiger partial charge in [0, 0.05) is 12.6 Å². The summed E-state index contributed by atoms with van der Waals surface area (Å²) >= 11 is 0. The van der Waals surface area contributed by atoms with Crippen LogP contribution in [0.3, 0.4) is 0 Å². The highest BCUT2D eigenvalue weighted by molar-refractivity contribution is 5.97. The first-order chi connectivity index (χ1) is 12.3. The third-order valence-electron chi connectivity index (χ3n) is 4.27. The highest BCUT2D eigenvalue weighted by Crippen LogP contribution is 2.23. The van der Waals surface area contributed by atoms with Crippen molar-refractivity contribution in [2.24, 2.45) is 0 Å². The molecule has 1 aromatic heterocycles. The Kier molecular flexibility index (Phi) is 4.73. The van der Waals surface area contributed by atoms with Crippen LogP contribution in [0, 0.1) is 25.5 Å². The molecule has 7 nitrogen and oxygen atoms in total. The van der Waals surface area contributed by atoms with Crippen molar-refractivity contribution < 1.29 is 28.2 Å². The first-order valence-corrected chi connectivity index (χ1v) is 7.95. The van der Waals surface area contributed by atoms with Gasteiger partial charge < -0.3 is 14.7 Å². The second-order valence-electron chi connectivity index (χ2n) is 6.00. The highest BCUT2D eigenvalue weighted by atomic mass is 19.1. The maximum absolute atomic E-state index is 14.1. The van der Waals surface area contributed by atoms with Crippen LogP contribution in [0.1, 0.15) is 21.7 Å². The van der Waals surface area contributed by atoms with Crippen LogP contribution in [0.5, 0.6) is 0 Å². The molecule has 1 aliphatic rings. The number of aromatic nitrogens is 2. The SMILES string of the molecule is Cc1nn(-c2ccc(F)cc2F)c(C)c1C(=O)N1CCO[C@H](C(=O)O)C1. The molecule has 138 valence electrons. The summed E-state index contributed by atoms with van der Waals surface area (Å²) in [6.45, 7) is 3.49. The van der Waals surface area contributed by atoms with Gasteiger partial charge in [0.1, 0.15) is 11.5 Å². The molecule has 0 radical (unpaired) electrons. The molecule has 0 spiro atoms. The number of aliphatic carboxylic acids is 1. The standard InChI is InChI=1S/C17H17F2N3O4/c1-9-15(16(23)21-5-6-26-14(8-21)17(24)25)10(2)22(20-9)13-4-3-11(18)7-12(13)19/h3-4,7,14H,5-6,8H2,1-2H3,(H,24,25)/t14-/m0/s1. The van der Waals surface area contributed by atoms with Crippen molar-refractivity contribution >= 4 is 11.9 Å². The number of halogens is 2. The Morgan fingerprint density at radius 3 is 2.69 bits per heavy atom. The van der Waals surface area contributed by atoms with Gasteiger partial charge in [0.2, 0.25) is 0 Å². The molecule has 0 saturated carbocycles. The van der Waals surface area contributed by atoms with E-state index in [-0.39, 0.29) is 30.9 Å². The number of hydrogen-bond acceptors (Lipinski definition) is 4. The van der Waals surface area contributed by atoms with Gasteiger partial charge in [-0.3, -0.25) is 4.79 Å². The Hall–Kier alpha value is -2.81. The van der Waals surface area contributed by atoms with Gasteiger partial charge in [-0.25, -0.2) is 18.3 Å². The number of carboxylic acids is 1. The Morgan fingerprint density at radius 2 is 2.04 bits per heavy atom. The molecule has 3 rings (SSSR count). The van der Waals surface area contributed by atoms with Crippen molar-refractivity contribution in [3.8, 4) is 5.69 Å². The predicted octanol–water partition coefficient (Wildman–Crippen LogP) is 1.69. The van der Waals surface area contributed by atoms with Gasteiger partial charge >= 0.3 is 5.97 Å². The molecular formula is C17H17F2N3O4. The van der Waals surface area contributed by atoms with Crippen LogP contribution in [0.4, 0.5) is 8.78 Å². The van der Waals surface area contributed by atoms with E-state index in [1.165, 1.54) is 15.6 Å². The van der Waals surface area contributed by atoms with Gasteiger partial charge in [0.25, 0.3) is 5.91 Å². The van der Waals surface area contributed by atoms with Gasteiger partial charge in [0.15, 0.2) is 11.9 Å². The first-order valence-electron chi connectivity index (χ1n) is 7.95. The largest absolute Gasteiger partial charge is 0.479 e. The number of amides is 1. The molecule has 2 heterocycles. The van der Waals surface area contributed by atoms with Crippen LogP contribution in [-0.4, -0.2) is 57.5 Å². The average molecular weight is 365 g/mol. The van der Waals surface area contributed by atoms with Crippen LogP contribution < -0.4 is 0 Å². The lowest BCUT2D eigenvalue weighted by Crippen LogP contribution is -2.48. The maximum atomic E-state index is 14.1. The summed E-state index contributed by atoms with van der Waals surface area (Å²) in [4.78, 5) is 25.3. The molecule has 1 fully saturated rings. The number of ether oxygens (including phenoxy) is 1. The minimum atomic E-state index is -1.14. The lowest BCUT2D eigenvalue weighted by Gasteiger charge is -2.31. The molecule has 9 heteroatoms. The van der Waals surface area contributed by atoms with E-state index in [9.17, 15) is 18.4 Å². The lowest BCUT2D eigenvalue weighted by molar-refractivity contribution is -0.154. The summed E-state index contributed by atoms with van der Waals surface area (Å²) < 4.78 is 33.6. The van der Waals surface area contributed by atoms with E-state index in [2.05, 4.69) is 5.10 Å². The van der Waals surface area contributed by atoms with Crippen LogP contribution in [0.25, 0.3) is 5.69 Å². The number of benzene rings is 1. The number of aryl methyl sites for hydroxylation is 1. The van der Waals surface area contributed by atoms with Crippen molar-refractivity contribution in [1.82, 2.24) is 14.7 Å². The molecule has 1 saturated heterocycles. The minimum Gasteiger partial charge on any atom is -0.479 e. The number of nitrogens with zero attached hydrogens (tertiary/aromatic N) is 3. The topological polar surface area (TPSA) is 84.7 Å². The van der Waals surface area contributed by atoms with Gasteiger partial charge in [0.05, 0.1) is 30.1 Å². The van der Waals surface area contributed by atoms with E-state index in [1.54, 1.807) is 13.8 Å². The van der Waals surface area contributed by atoms with Crippen molar-refractivity contribution in [3.05, 3.63) is 46.8 Å². The van der Waals surface area contributed by atoms with Gasteiger partial charge in [-0.2, -0.15) is 5.10 Å². The number of morpholine rings is 1. The average Bonchev–Trinajstić information content (AvgIpc) is 2.88. The van der Waals surface area contributed by atoms with E-state index in [1.807, 2.05) is 0 Å². The first kappa shape index (κ1) is 18.0. The molecule has 0 unspecified atom stereocenters. The number of carbonyl (C=O) groups excluding carboxylic acids is 1. The summed E-state index contributed by atoms with van der Waals surface area (Å²) in [6, 6.07) is 3.09. The predicted molar refractivity (Wildman–Crippen MR) is 86.2 cm³/mol. The van der Waals surface area contributed by atoms with Crippen molar-refractivity contribution in [3.63, 3.8) is 0 Å². The molecule has 1 aromatic carbocycles. The number of hydrogen-bond donors (Lipinski definition) is 1. The smallest absolute Gasteiger partial charge is 0.334 e. The third kappa shape index (κ3) is 3.17. The number of carboxylic acid groups (broad SMARTS) is 1. The van der Waals surface area contributed by atoms with E-state index in [0.717, 1.165) is 12.1 Å². The van der Waals surface area contributed by atoms with Crippen LogP contribution in [0.15, 0.2) is 18.2 Å². The van der Waals surface area contributed by atoms with Gasteiger partial charge in [-0.05, 0) is 26.0 Å². The Morgan fingerprint density at radius 1 is 1.31 bits per heavy atom. The highest BCUT2D eigenvalue weighted by Gasteiger charge is 2.32. The normalized spacial score (nSPS) is 17.4. The summed E-state index contributed by atoms with van der Waals surface area (Å²) in [6.07, 6.45) is -1.09. The van der Waals surface area contributed by atoms with Crippen LogP contribution in [0.2, 0.25) is 0 Å². The Balaban J connectivity index is 1.95. The van der Waals surface area contributed by atoms with Crippen molar-refractivity contribution in [1.29, 1.82) is 0 Å². The van der Waals surface area contributed by atoms with E-state index < -0.39 is 29.6 Å². The second kappa shape index (κ2) is 6.83. The molecule has 1 atom stereocenters. The van der Waals surface area contributed by atoms with E-state index in [0.29, 0.717) is 11.4 Å². The minimum absolute atomic E-state index is 0.0245. The second-order valence-corrected chi connectivity index (χ2v) is 6.00. The Labute approximate surface area is 147 Å². The van der Waals surface area contributed by atoms with Crippen molar-refractivity contribution in [2.75, 3.05) is 19.7 Å². The lowest BCUT2D eigenvalue weighted by atomic mass is 10.1. The third-order valence-corrected chi connectivity index (χ3v) is 4.27. The maximum Gasteiger partial charge on any atom is 0.334 e. The zero-order valence-electron chi connectivity index (χ0n) is 14.2. The van der Waals surface area contributed by atoms with Crippen LogP contribution >= 0.6 is 0 Å². The molecule has 1 amide bonds. The molecule has 26 heavy (non-hydrogen) atoms. The van der Waals surface area contributed by atoms with Gasteiger partial charge in [-0.1, -0.05) is 0 Å². The zero-order valence-corrected chi connectivity index (χ0v) is 14.2. The van der Waals surface area contributed by atoms with Crippen LogP contribution in [-0.2, 0) is 9.53 Å². The summed E-state index contributed by atoms with van der Waals surface area (Å²) in [5, 5.41) is 13.3. The molecule has 0 bridgehead atoms. The van der Waals surface area contributed by atoms with E-state index in [4.69, 9.17) is 9.84 Å². The monoisotopic (exact) mass is 365 g/mol. The van der Waals surface area contributed by atoms with Gasteiger partial charge in [-0.15, -0.1) is 0 Å². The summed E-state index contributed by atoms with van der Waals surface area (Å²) in [7, 11) is 0. The van der Waals surface area contributed by atoms with E-state index >= 15 is 0 Å². The summed E-state index contributed by atoms with van der Waals surface area (Å²) in [5.74, 6) is -3.05. The number of rotatable bonds is 3. The zero-order chi connectivity index (χ0) is 19.0. The number of carbonyl (C=O) groups is 2. The fourth-order valence-corrected chi connectivity index (χ4v) is 2.98. The molecule has 1 aliphatic heterocycles. The fraction of sp³-hybridized carbons (Fsp3) is 0.353. The quantitative estimate of drug-likeness (QED) is 0.895. The molecule has 0 aliphatic carbocycles. The summed E-state index contributed by atoms with van der Waals surface area (Å²) in [5.41, 5.74) is 1.04. The fourth-order valence-electron chi connectivity index (χ4n) is 2.98. The molecular weight excluding hydrogens is 348 g/mol. The molecule has 1 N–H and O–H groups in total.